The van der Waals surface area contributed by atoms with Crippen molar-refractivity contribution in [2.24, 2.45) is 0 Å². The Labute approximate surface area is 83.2 Å². The maximum absolute atomic E-state index is 10.8. The standard InChI is InChI=1S/C11H13NO2/c1-3-6-11(12(13)14)10-8-5-4-7-9(10)2/h4-8H,3H2,1-2H3/b11-6+. The van der Waals surface area contributed by atoms with Crippen LogP contribution in [-0.2, 0) is 0 Å². The van der Waals surface area contributed by atoms with Crippen molar-refractivity contribution in [2.75, 3.05) is 0 Å². The van der Waals surface area contributed by atoms with E-state index in [1.807, 2.05) is 32.0 Å². The van der Waals surface area contributed by atoms with Crippen molar-refractivity contribution in [3.8, 4) is 0 Å². The minimum absolute atomic E-state index is 0.200. The molecule has 0 atom stereocenters. The molecule has 74 valence electrons. The number of hydrogen-bond acceptors (Lipinski definition) is 2. The third-order valence-electron chi connectivity index (χ3n) is 2.02. The van der Waals surface area contributed by atoms with E-state index in [4.69, 9.17) is 0 Å². The third kappa shape index (κ3) is 2.19. The molecule has 0 aliphatic heterocycles. The Morgan fingerprint density at radius 2 is 2.14 bits per heavy atom. The van der Waals surface area contributed by atoms with Crippen molar-refractivity contribution in [1.82, 2.24) is 0 Å². The lowest BCUT2D eigenvalue weighted by Crippen LogP contribution is -1.99. The summed E-state index contributed by atoms with van der Waals surface area (Å²) in [7, 11) is 0. The Morgan fingerprint density at radius 1 is 1.50 bits per heavy atom. The fourth-order valence-corrected chi connectivity index (χ4v) is 1.34. The molecule has 0 fully saturated rings. The summed E-state index contributed by atoms with van der Waals surface area (Å²) in [6, 6.07) is 7.35. The van der Waals surface area contributed by atoms with E-state index in [1.165, 1.54) is 0 Å². The van der Waals surface area contributed by atoms with Crippen molar-refractivity contribution in [2.45, 2.75) is 20.3 Å². The molecule has 14 heavy (non-hydrogen) atoms. The molecule has 0 radical (unpaired) electrons. The van der Waals surface area contributed by atoms with Crippen LogP contribution in [0.15, 0.2) is 30.3 Å². The highest BCUT2D eigenvalue weighted by Crippen LogP contribution is 2.19. The third-order valence-corrected chi connectivity index (χ3v) is 2.02. The minimum atomic E-state index is -0.328. The van der Waals surface area contributed by atoms with Gasteiger partial charge in [0.2, 0.25) is 0 Å². The second-order valence-electron chi connectivity index (χ2n) is 3.07. The summed E-state index contributed by atoms with van der Waals surface area (Å²) in [6.45, 7) is 3.77. The Morgan fingerprint density at radius 3 is 2.64 bits per heavy atom. The van der Waals surface area contributed by atoms with E-state index in [-0.39, 0.29) is 10.6 Å². The number of nitrogens with zero attached hydrogens (tertiary/aromatic N) is 1. The van der Waals surface area contributed by atoms with E-state index in [0.29, 0.717) is 12.0 Å². The molecule has 0 aromatic heterocycles. The first-order valence-electron chi connectivity index (χ1n) is 4.57. The maximum atomic E-state index is 10.8. The first-order chi connectivity index (χ1) is 6.66. The highest BCUT2D eigenvalue weighted by molar-refractivity contribution is 5.61. The number of nitro groups is 1. The molecule has 0 bridgehead atoms. The number of benzene rings is 1. The molecule has 0 spiro atoms. The molecule has 1 rings (SSSR count). The van der Waals surface area contributed by atoms with Gasteiger partial charge in [-0.05, 0) is 31.1 Å². The zero-order valence-corrected chi connectivity index (χ0v) is 8.36. The maximum Gasteiger partial charge on any atom is 0.272 e. The highest BCUT2D eigenvalue weighted by atomic mass is 16.6. The van der Waals surface area contributed by atoms with Crippen LogP contribution < -0.4 is 0 Å². The minimum Gasteiger partial charge on any atom is -0.258 e. The van der Waals surface area contributed by atoms with Crippen LogP contribution in [-0.4, -0.2) is 4.92 Å². The summed E-state index contributed by atoms with van der Waals surface area (Å²) in [6.07, 6.45) is 2.31. The largest absolute Gasteiger partial charge is 0.272 e. The van der Waals surface area contributed by atoms with Crippen molar-refractivity contribution in [3.05, 3.63) is 51.6 Å². The number of aryl methyl sites for hydroxylation is 1. The number of allylic oxidation sites excluding steroid dienone is 1. The van der Waals surface area contributed by atoms with E-state index < -0.39 is 0 Å². The van der Waals surface area contributed by atoms with Crippen LogP contribution in [0.1, 0.15) is 24.5 Å². The summed E-state index contributed by atoms with van der Waals surface area (Å²) >= 11 is 0. The zero-order valence-electron chi connectivity index (χ0n) is 8.36. The smallest absolute Gasteiger partial charge is 0.258 e. The molecule has 0 saturated heterocycles. The molecule has 0 N–H and O–H groups in total. The molecular weight excluding hydrogens is 178 g/mol. The van der Waals surface area contributed by atoms with Gasteiger partial charge in [-0.15, -0.1) is 0 Å². The fraction of sp³-hybridized carbons (Fsp3) is 0.273. The molecule has 1 aromatic rings. The topological polar surface area (TPSA) is 43.1 Å². The van der Waals surface area contributed by atoms with Crippen molar-refractivity contribution in [1.29, 1.82) is 0 Å². The summed E-state index contributed by atoms with van der Waals surface area (Å²) in [4.78, 5) is 10.5. The Hall–Kier alpha value is -1.64. The molecule has 3 nitrogen and oxygen atoms in total. The lowest BCUT2D eigenvalue weighted by molar-refractivity contribution is -0.375. The summed E-state index contributed by atoms with van der Waals surface area (Å²) < 4.78 is 0. The Bertz CT molecular complexity index is 369. The van der Waals surface area contributed by atoms with Crippen LogP contribution in [0.25, 0.3) is 5.70 Å². The molecule has 0 heterocycles. The van der Waals surface area contributed by atoms with Crippen LogP contribution in [0.5, 0.6) is 0 Å². The van der Waals surface area contributed by atoms with E-state index >= 15 is 0 Å². The molecule has 0 saturated carbocycles. The first-order valence-corrected chi connectivity index (χ1v) is 4.57. The normalized spacial score (nSPS) is 11.4. The van der Waals surface area contributed by atoms with Gasteiger partial charge < -0.3 is 0 Å². The van der Waals surface area contributed by atoms with Crippen molar-refractivity contribution >= 4 is 5.70 Å². The van der Waals surface area contributed by atoms with Gasteiger partial charge in [0.05, 0.1) is 10.5 Å². The van der Waals surface area contributed by atoms with Gasteiger partial charge in [0.1, 0.15) is 0 Å². The zero-order chi connectivity index (χ0) is 10.6. The van der Waals surface area contributed by atoms with Crippen LogP contribution in [0.4, 0.5) is 0 Å². The lowest BCUT2D eigenvalue weighted by atomic mass is 10.1. The second-order valence-corrected chi connectivity index (χ2v) is 3.07. The predicted molar refractivity (Wildman–Crippen MR) is 56.4 cm³/mol. The molecule has 0 amide bonds. The predicted octanol–water partition coefficient (Wildman–Crippen LogP) is 3.02. The SMILES string of the molecule is CC/C=C(\c1ccccc1C)[N+](=O)[O-]. The van der Waals surface area contributed by atoms with Gasteiger partial charge in [-0.25, -0.2) is 0 Å². The summed E-state index contributed by atoms with van der Waals surface area (Å²) in [5, 5.41) is 10.8. The average Bonchev–Trinajstić information content (AvgIpc) is 2.15. The molecule has 0 aliphatic rings. The van der Waals surface area contributed by atoms with Gasteiger partial charge >= 0.3 is 0 Å². The van der Waals surface area contributed by atoms with Crippen molar-refractivity contribution in [3.63, 3.8) is 0 Å². The molecule has 0 aliphatic carbocycles. The number of hydrogen-bond donors (Lipinski definition) is 0. The summed E-state index contributed by atoms with van der Waals surface area (Å²) in [5.74, 6) is 0. The first kappa shape index (κ1) is 10.4. The number of rotatable bonds is 3. The Kier molecular flexibility index (Phi) is 3.40. The highest BCUT2D eigenvalue weighted by Gasteiger charge is 2.14. The quantitative estimate of drug-likeness (QED) is 0.544. The Balaban J connectivity index is 3.19. The van der Waals surface area contributed by atoms with Crippen LogP contribution >= 0.6 is 0 Å². The van der Waals surface area contributed by atoms with Crippen LogP contribution in [0.2, 0.25) is 0 Å². The average molecular weight is 191 g/mol. The summed E-state index contributed by atoms with van der Waals surface area (Å²) in [5.41, 5.74) is 1.84. The van der Waals surface area contributed by atoms with Gasteiger partial charge in [-0.3, -0.25) is 10.1 Å². The van der Waals surface area contributed by atoms with Gasteiger partial charge in [0.25, 0.3) is 5.70 Å². The van der Waals surface area contributed by atoms with Crippen molar-refractivity contribution < 1.29 is 4.92 Å². The molecular formula is C11H13NO2. The monoisotopic (exact) mass is 191 g/mol. The van der Waals surface area contributed by atoms with E-state index in [9.17, 15) is 10.1 Å². The van der Waals surface area contributed by atoms with Crippen LogP contribution in [0.3, 0.4) is 0 Å². The second kappa shape index (κ2) is 4.56. The van der Waals surface area contributed by atoms with Crippen LogP contribution in [0, 0.1) is 17.0 Å². The van der Waals surface area contributed by atoms with E-state index in [2.05, 4.69) is 0 Å². The molecule has 1 aromatic carbocycles. The molecule has 3 heteroatoms. The lowest BCUT2D eigenvalue weighted by Gasteiger charge is -2.01. The fourth-order valence-electron chi connectivity index (χ4n) is 1.34. The van der Waals surface area contributed by atoms with Gasteiger partial charge in [0.15, 0.2) is 0 Å². The van der Waals surface area contributed by atoms with Gasteiger partial charge in [-0.2, -0.15) is 0 Å². The molecule has 0 unspecified atom stereocenters. The van der Waals surface area contributed by atoms with Gasteiger partial charge in [-0.1, -0.05) is 25.1 Å². The van der Waals surface area contributed by atoms with E-state index in [0.717, 1.165) is 5.56 Å². The van der Waals surface area contributed by atoms with Gasteiger partial charge in [0, 0.05) is 0 Å². The van der Waals surface area contributed by atoms with E-state index in [1.54, 1.807) is 12.1 Å².